The van der Waals surface area contributed by atoms with E-state index < -0.39 is 16.3 Å². The molecule has 0 N–H and O–H groups in total. The van der Waals surface area contributed by atoms with Crippen LogP contribution in [0.1, 0.15) is 35.6 Å². The predicted molar refractivity (Wildman–Crippen MR) is 123 cm³/mol. The maximum Gasteiger partial charge on any atom is 0.294 e. The van der Waals surface area contributed by atoms with Gasteiger partial charge in [0.1, 0.15) is 5.69 Å². The zero-order valence-corrected chi connectivity index (χ0v) is 19.1. The first-order valence-electron chi connectivity index (χ1n) is 9.69. The molecular formula is C22H20Cl2N4O4. The molecule has 1 amide bonds. The highest BCUT2D eigenvalue weighted by atomic mass is 35.5. The number of rotatable bonds is 6. The first-order valence-corrected chi connectivity index (χ1v) is 10.5. The molecule has 0 fully saturated rings. The van der Waals surface area contributed by atoms with Gasteiger partial charge >= 0.3 is 0 Å². The Kier molecular flexibility index (Phi) is 6.96. The van der Waals surface area contributed by atoms with Gasteiger partial charge in [0.2, 0.25) is 5.43 Å². The summed E-state index contributed by atoms with van der Waals surface area (Å²) in [5.74, 6) is -0.594. The van der Waals surface area contributed by atoms with E-state index in [-0.39, 0.29) is 29.7 Å². The second-order valence-corrected chi connectivity index (χ2v) is 8.25. The minimum atomic E-state index is -0.594. The number of aromatic nitrogens is 2. The lowest BCUT2D eigenvalue weighted by molar-refractivity contribution is -0.384. The molecule has 0 radical (unpaired) electrons. The first-order chi connectivity index (χ1) is 15.1. The fourth-order valence-electron chi connectivity index (χ4n) is 3.20. The van der Waals surface area contributed by atoms with Gasteiger partial charge in [-0.15, -0.1) is 0 Å². The number of para-hydroxylation sites is 2. The number of halogens is 2. The summed E-state index contributed by atoms with van der Waals surface area (Å²) in [6.07, 6.45) is 0. The molecular weight excluding hydrogens is 455 g/mol. The van der Waals surface area contributed by atoms with Crippen LogP contribution in [0.15, 0.2) is 53.3 Å². The van der Waals surface area contributed by atoms with Gasteiger partial charge in [-0.3, -0.25) is 19.7 Å². The van der Waals surface area contributed by atoms with Crippen molar-refractivity contribution in [1.82, 2.24) is 14.7 Å². The Morgan fingerprint density at radius 1 is 1.16 bits per heavy atom. The van der Waals surface area contributed by atoms with Crippen LogP contribution in [-0.2, 0) is 6.54 Å². The molecule has 8 nitrogen and oxygen atoms in total. The van der Waals surface area contributed by atoms with Crippen LogP contribution in [0.3, 0.4) is 0 Å². The summed E-state index contributed by atoms with van der Waals surface area (Å²) in [5.41, 5.74) is 0.157. The molecule has 0 saturated carbocycles. The molecule has 32 heavy (non-hydrogen) atoms. The molecule has 0 unspecified atom stereocenters. The molecule has 0 aliphatic carbocycles. The quantitative estimate of drug-likeness (QED) is 0.377. The molecule has 3 rings (SSSR count). The molecule has 0 atom stereocenters. The van der Waals surface area contributed by atoms with E-state index in [0.717, 1.165) is 5.56 Å². The third-order valence-electron chi connectivity index (χ3n) is 4.84. The van der Waals surface area contributed by atoms with Gasteiger partial charge < -0.3 is 4.90 Å². The van der Waals surface area contributed by atoms with Crippen molar-refractivity contribution in [2.45, 2.75) is 33.4 Å². The molecule has 0 saturated heterocycles. The monoisotopic (exact) mass is 474 g/mol. The van der Waals surface area contributed by atoms with Gasteiger partial charge in [0.05, 0.1) is 15.0 Å². The summed E-state index contributed by atoms with van der Waals surface area (Å²) >= 11 is 12.1. The minimum absolute atomic E-state index is 0.157. The lowest BCUT2D eigenvalue weighted by Crippen LogP contribution is -2.40. The van der Waals surface area contributed by atoms with E-state index in [1.165, 1.54) is 33.8 Å². The number of amides is 1. The van der Waals surface area contributed by atoms with Crippen molar-refractivity contribution >= 4 is 34.8 Å². The first kappa shape index (κ1) is 23.4. The largest absolute Gasteiger partial charge is 0.330 e. The number of carbonyl (C=O) groups is 1. The number of hydrogen-bond acceptors (Lipinski definition) is 5. The van der Waals surface area contributed by atoms with Crippen LogP contribution in [0.25, 0.3) is 5.69 Å². The number of nitro groups is 1. The average molecular weight is 475 g/mol. The topological polar surface area (TPSA) is 98.3 Å². The number of aryl methyl sites for hydroxylation is 1. The summed E-state index contributed by atoms with van der Waals surface area (Å²) in [5, 5.41) is 16.4. The van der Waals surface area contributed by atoms with E-state index in [4.69, 9.17) is 23.2 Å². The van der Waals surface area contributed by atoms with Crippen molar-refractivity contribution in [3.05, 3.63) is 95.9 Å². The fourth-order valence-corrected chi connectivity index (χ4v) is 3.52. The number of nitrogens with zero attached hydrogens (tertiary/aromatic N) is 4. The van der Waals surface area contributed by atoms with Crippen LogP contribution >= 0.6 is 23.2 Å². The van der Waals surface area contributed by atoms with E-state index in [2.05, 4.69) is 5.10 Å². The van der Waals surface area contributed by atoms with E-state index in [9.17, 15) is 19.7 Å². The predicted octanol–water partition coefficient (Wildman–Crippen LogP) is 4.81. The van der Waals surface area contributed by atoms with E-state index in [0.29, 0.717) is 15.7 Å². The molecule has 3 aromatic rings. The van der Waals surface area contributed by atoms with Gasteiger partial charge in [-0.2, -0.15) is 5.10 Å². The van der Waals surface area contributed by atoms with Gasteiger partial charge in [0.25, 0.3) is 11.6 Å². The zero-order chi connectivity index (χ0) is 23.6. The highest BCUT2D eigenvalue weighted by Crippen LogP contribution is 2.25. The molecule has 0 spiro atoms. The lowest BCUT2D eigenvalue weighted by atomic mass is 10.1. The average Bonchev–Trinajstić information content (AvgIpc) is 2.74. The van der Waals surface area contributed by atoms with Crippen molar-refractivity contribution in [1.29, 1.82) is 0 Å². The van der Waals surface area contributed by atoms with Crippen molar-refractivity contribution in [3.63, 3.8) is 0 Å². The Morgan fingerprint density at radius 2 is 1.84 bits per heavy atom. The van der Waals surface area contributed by atoms with Crippen LogP contribution in [0, 0.1) is 17.0 Å². The number of nitro benzene ring substituents is 1. The Balaban J connectivity index is 2.06. The summed E-state index contributed by atoms with van der Waals surface area (Å²) in [6.45, 7) is 5.39. The van der Waals surface area contributed by atoms with Gasteiger partial charge in [-0.05, 0) is 44.5 Å². The SMILES string of the molecule is Cc1cc(=O)c(C(=O)N(Cc2ccc(Cl)c(Cl)c2)C(C)C)nn1-c1ccccc1[N+](=O)[O-]. The second-order valence-electron chi connectivity index (χ2n) is 7.43. The maximum absolute atomic E-state index is 13.3. The van der Waals surface area contributed by atoms with E-state index in [1.54, 1.807) is 31.2 Å². The van der Waals surface area contributed by atoms with Gasteiger partial charge in [0, 0.05) is 30.4 Å². The fraction of sp³-hybridized carbons (Fsp3) is 0.227. The summed E-state index contributed by atoms with van der Waals surface area (Å²) in [7, 11) is 0. The molecule has 0 aliphatic rings. The van der Waals surface area contributed by atoms with E-state index in [1.807, 2.05) is 13.8 Å². The molecule has 2 aromatic carbocycles. The summed E-state index contributed by atoms with van der Waals surface area (Å²) in [4.78, 5) is 38.4. The summed E-state index contributed by atoms with van der Waals surface area (Å²) in [6, 6.07) is 12.0. The lowest BCUT2D eigenvalue weighted by Gasteiger charge is -2.26. The van der Waals surface area contributed by atoms with Crippen LogP contribution in [0.4, 0.5) is 5.69 Å². The molecule has 1 heterocycles. The van der Waals surface area contributed by atoms with Crippen LogP contribution in [-0.4, -0.2) is 31.6 Å². The highest BCUT2D eigenvalue weighted by Gasteiger charge is 2.25. The Morgan fingerprint density at radius 3 is 2.47 bits per heavy atom. The normalized spacial score (nSPS) is 10.9. The van der Waals surface area contributed by atoms with Crippen LogP contribution < -0.4 is 5.43 Å². The number of carbonyl (C=O) groups excluding carboxylic acids is 1. The second kappa shape index (κ2) is 9.50. The number of benzene rings is 2. The van der Waals surface area contributed by atoms with Crippen molar-refractivity contribution < 1.29 is 9.72 Å². The van der Waals surface area contributed by atoms with Crippen molar-refractivity contribution in [2.75, 3.05) is 0 Å². The van der Waals surface area contributed by atoms with Crippen LogP contribution in [0.2, 0.25) is 10.0 Å². The van der Waals surface area contributed by atoms with Gasteiger partial charge in [0.15, 0.2) is 5.69 Å². The van der Waals surface area contributed by atoms with E-state index >= 15 is 0 Å². The Bertz CT molecular complexity index is 1260. The minimum Gasteiger partial charge on any atom is -0.330 e. The molecule has 0 aliphatic heterocycles. The number of hydrogen-bond donors (Lipinski definition) is 0. The summed E-state index contributed by atoms with van der Waals surface area (Å²) < 4.78 is 1.24. The Labute approximate surface area is 194 Å². The highest BCUT2D eigenvalue weighted by molar-refractivity contribution is 6.42. The third kappa shape index (κ3) is 4.81. The Hall–Kier alpha value is -3.23. The molecule has 0 bridgehead atoms. The molecule has 10 heteroatoms. The van der Waals surface area contributed by atoms with Gasteiger partial charge in [-0.25, -0.2) is 4.68 Å². The standard InChI is InChI=1S/C22H20Cl2N4O4/c1-13(2)26(12-15-8-9-16(23)17(24)11-15)22(30)21-20(29)10-14(3)27(25-21)18-6-4-5-7-19(18)28(31)32/h4-11,13H,12H2,1-3H3. The molecule has 166 valence electrons. The van der Waals surface area contributed by atoms with Crippen molar-refractivity contribution in [3.8, 4) is 5.69 Å². The van der Waals surface area contributed by atoms with Crippen LogP contribution in [0.5, 0.6) is 0 Å². The van der Waals surface area contributed by atoms with Crippen molar-refractivity contribution in [2.24, 2.45) is 0 Å². The maximum atomic E-state index is 13.3. The zero-order valence-electron chi connectivity index (χ0n) is 17.6. The molecule has 1 aromatic heterocycles. The smallest absolute Gasteiger partial charge is 0.294 e. The third-order valence-corrected chi connectivity index (χ3v) is 5.58. The van der Waals surface area contributed by atoms with Gasteiger partial charge in [-0.1, -0.05) is 41.4 Å².